The topological polar surface area (TPSA) is 63.4 Å². The third-order valence-corrected chi connectivity index (χ3v) is 6.79. The Morgan fingerprint density at radius 3 is 2.35 bits per heavy atom. The van der Waals surface area contributed by atoms with Crippen molar-refractivity contribution in [3.8, 4) is 0 Å². The third kappa shape index (κ3) is 2.28. The van der Waals surface area contributed by atoms with Gasteiger partial charge in [-0.3, -0.25) is 4.90 Å². The Labute approximate surface area is 120 Å². The van der Waals surface area contributed by atoms with Crippen molar-refractivity contribution in [2.75, 3.05) is 25.1 Å². The van der Waals surface area contributed by atoms with Crippen molar-refractivity contribution in [3.05, 3.63) is 35.4 Å². The van der Waals surface area contributed by atoms with Crippen molar-refractivity contribution < 1.29 is 8.42 Å². The first-order valence-corrected chi connectivity index (χ1v) is 8.98. The van der Waals surface area contributed by atoms with Crippen LogP contribution >= 0.6 is 0 Å². The van der Waals surface area contributed by atoms with Gasteiger partial charge in [0.05, 0.1) is 11.5 Å². The van der Waals surface area contributed by atoms with Gasteiger partial charge < -0.3 is 5.73 Å². The number of hydrogen-bond acceptors (Lipinski definition) is 4. The third-order valence-electron chi connectivity index (χ3n) is 5.04. The molecule has 0 aromatic heterocycles. The standard InChI is InChI=1S/C15H22N2O2S/c1-17(14-6-7-20(18,19)10-14)15(11-16)8-12-4-2-3-5-13(12)9-15/h2-5,14H,6-11,16H2,1H3. The Morgan fingerprint density at radius 1 is 1.30 bits per heavy atom. The van der Waals surface area contributed by atoms with Crippen LogP contribution in [0.3, 0.4) is 0 Å². The lowest BCUT2D eigenvalue weighted by molar-refractivity contribution is 0.0957. The van der Waals surface area contributed by atoms with Gasteiger partial charge in [0.25, 0.3) is 0 Å². The average Bonchev–Trinajstić information content (AvgIpc) is 2.98. The molecule has 4 nitrogen and oxygen atoms in total. The summed E-state index contributed by atoms with van der Waals surface area (Å²) in [4.78, 5) is 2.25. The lowest BCUT2D eigenvalue weighted by atomic mass is 9.92. The van der Waals surface area contributed by atoms with E-state index in [-0.39, 0.29) is 17.3 Å². The van der Waals surface area contributed by atoms with Crippen LogP contribution in [0.25, 0.3) is 0 Å². The van der Waals surface area contributed by atoms with E-state index in [1.165, 1.54) is 11.1 Å². The van der Waals surface area contributed by atoms with E-state index < -0.39 is 9.84 Å². The summed E-state index contributed by atoms with van der Waals surface area (Å²) in [7, 11) is -0.809. The van der Waals surface area contributed by atoms with Crippen molar-refractivity contribution >= 4 is 9.84 Å². The molecule has 2 N–H and O–H groups in total. The zero-order valence-corrected chi connectivity index (χ0v) is 12.7. The van der Waals surface area contributed by atoms with Gasteiger partial charge in [0.2, 0.25) is 0 Å². The van der Waals surface area contributed by atoms with Crippen LogP contribution in [0.5, 0.6) is 0 Å². The highest BCUT2D eigenvalue weighted by molar-refractivity contribution is 7.91. The molecule has 1 heterocycles. The van der Waals surface area contributed by atoms with Gasteiger partial charge in [-0.15, -0.1) is 0 Å². The SMILES string of the molecule is CN(C1CCS(=O)(=O)C1)C1(CN)Cc2ccccc2C1. The molecule has 110 valence electrons. The first-order chi connectivity index (χ1) is 9.46. The van der Waals surface area contributed by atoms with Gasteiger partial charge in [0, 0.05) is 18.1 Å². The maximum absolute atomic E-state index is 11.7. The quantitative estimate of drug-likeness (QED) is 0.887. The van der Waals surface area contributed by atoms with Gasteiger partial charge in [0.1, 0.15) is 0 Å². The summed E-state index contributed by atoms with van der Waals surface area (Å²) in [6, 6.07) is 8.55. The maximum Gasteiger partial charge on any atom is 0.151 e. The van der Waals surface area contributed by atoms with Crippen LogP contribution in [-0.2, 0) is 22.7 Å². The minimum atomic E-state index is -2.85. The summed E-state index contributed by atoms with van der Waals surface area (Å²) in [5, 5.41) is 0. The van der Waals surface area contributed by atoms with Gasteiger partial charge in [-0.1, -0.05) is 24.3 Å². The maximum atomic E-state index is 11.7. The van der Waals surface area contributed by atoms with E-state index >= 15 is 0 Å². The molecule has 2 aliphatic rings. The van der Waals surface area contributed by atoms with E-state index in [1.54, 1.807) is 0 Å². The molecule has 5 heteroatoms. The molecule has 1 aliphatic carbocycles. The molecule has 1 aromatic rings. The summed E-state index contributed by atoms with van der Waals surface area (Å²) in [5.41, 5.74) is 8.68. The highest BCUT2D eigenvalue weighted by Gasteiger charge is 2.44. The molecule has 1 aliphatic heterocycles. The zero-order chi connectivity index (χ0) is 14.4. The average molecular weight is 294 g/mol. The van der Waals surface area contributed by atoms with Gasteiger partial charge >= 0.3 is 0 Å². The summed E-state index contributed by atoms with van der Waals surface area (Å²) in [5.74, 6) is 0.594. The molecule has 0 amide bonds. The first kappa shape index (κ1) is 14.0. The number of fused-ring (bicyclic) bond motifs is 1. The summed E-state index contributed by atoms with van der Waals surface area (Å²) >= 11 is 0. The fourth-order valence-corrected chi connectivity index (χ4v) is 5.45. The number of rotatable bonds is 3. The molecule has 1 saturated heterocycles. The molecule has 0 spiro atoms. The molecule has 1 atom stereocenters. The highest BCUT2D eigenvalue weighted by atomic mass is 32.2. The van der Waals surface area contributed by atoms with Crippen LogP contribution in [-0.4, -0.2) is 50.0 Å². The fraction of sp³-hybridized carbons (Fsp3) is 0.600. The molecule has 1 fully saturated rings. The molecule has 20 heavy (non-hydrogen) atoms. The Hall–Kier alpha value is -0.910. The van der Waals surface area contributed by atoms with Crippen LogP contribution in [0.2, 0.25) is 0 Å². The second-order valence-corrected chi connectivity index (χ2v) is 8.45. The molecular weight excluding hydrogens is 272 g/mol. The smallest absolute Gasteiger partial charge is 0.151 e. The van der Waals surface area contributed by atoms with Crippen molar-refractivity contribution in [2.24, 2.45) is 5.73 Å². The van der Waals surface area contributed by atoms with Crippen LogP contribution in [0.1, 0.15) is 17.5 Å². The molecule has 3 rings (SSSR count). The fourth-order valence-electron chi connectivity index (χ4n) is 3.68. The number of likely N-dealkylation sites (N-methyl/N-ethyl adjacent to an activating group) is 1. The van der Waals surface area contributed by atoms with Gasteiger partial charge in [0.15, 0.2) is 9.84 Å². The van der Waals surface area contributed by atoms with Gasteiger partial charge in [-0.25, -0.2) is 8.42 Å². The summed E-state index contributed by atoms with van der Waals surface area (Å²) in [6.07, 6.45) is 2.58. The molecule has 1 unspecified atom stereocenters. The van der Waals surface area contributed by atoms with Crippen LogP contribution < -0.4 is 5.73 Å². The van der Waals surface area contributed by atoms with Gasteiger partial charge in [-0.05, 0) is 37.4 Å². The highest BCUT2D eigenvalue weighted by Crippen LogP contribution is 2.36. The number of nitrogens with zero attached hydrogens (tertiary/aromatic N) is 1. The predicted molar refractivity (Wildman–Crippen MR) is 80.5 cm³/mol. The number of hydrogen-bond donors (Lipinski definition) is 1. The lowest BCUT2D eigenvalue weighted by Crippen LogP contribution is -2.57. The monoisotopic (exact) mass is 294 g/mol. The van der Waals surface area contributed by atoms with Crippen molar-refractivity contribution in [1.82, 2.24) is 4.90 Å². The second-order valence-electron chi connectivity index (χ2n) is 6.22. The Balaban J connectivity index is 1.85. The van der Waals surface area contributed by atoms with Crippen molar-refractivity contribution in [3.63, 3.8) is 0 Å². The normalized spacial score (nSPS) is 26.9. The van der Waals surface area contributed by atoms with E-state index in [0.29, 0.717) is 12.3 Å². The lowest BCUT2D eigenvalue weighted by Gasteiger charge is -2.41. The van der Waals surface area contributed by atoms with Crippen LogP contribution in [0.4, 0.5) is 0 Å². The summed E-state index contributed by atoms with van der Waals surface area (Å²) in [6.45, 7) is 0.564. The van der Waals surface area contributed by atoms with E-state index in [2.05, 4.69) is 29.2 Å². The second kappa shape index (κ2) is 4.83. The summed E-state index contributed by atoms with van der Waals surface area (Å²) < 4.78 is 23.4. The minimum Gasteiger partial charge on any atom is -0.329 e. The Bertz CT molecular complexity index is 587. The van der Waals surface area contributed by atoms with E-state index in [9.17, 15) is 8.42 Å². The van der Waals surface area contributed by atoms with Crippen LogP contribution in [0.15, 0.2) is 24.3 Å². The Morgan fingerprint density at radius 2 is 1.90 bits per heavy atom. The van der Waals surface area contributed by atoms with E-state index in [1.807, 2.05) is 7.05 Å². The van der Waals surface area contributed by atoms with Gasteiger partial charge in [-0.2, -0.15) is 0 Å². The molecule has 1 aromatic carbocycles. The van der Waals surface area contributed by atoms with Crippen molar-refractivity contribution in [2.45, 2.75) is 30.8 Å². The number of benzene rings is 1. The zero-order valence-electron chi connectivity index (χ0n) is 11.9. The molecule has 0 radical (unpaired) electrons. The minimum absolute atomic E-state index is 0.109. The number of sulfone groups is 1. The number of nitrogens with two attached hydrogens (primary N) is 1. The van der Waals surface area contributed by atoms with E-state index in [0.717, 1.165) is 19.3 Å². The first-order valence-electron chi connectivity index (χ1n) is 7.16. The molecule has 0 saturated carbocycles. The van der Waals surface area contributed by atoms with E-state index in [4.69, 9.17) is 5.73 Å². The molecular formula is C15H22N2O2S. The molecule has 0 bridgehead atoms. The van der Waals surface area contributed by atoms with Crippen molar-refractivity contribution in [1.29, 1.82) is 0 Å². The van der Waals surface area contributed by atoms with Crippen LogP contribution in [0, 0.1) is 0 Å². The Kier molecular flexibility index (Phi) is 3.39. The largest absolute Gasteiger partial charge is 0.329 e. The predicted octanol–water partition coefficient (Wildman–Crippen LogP) is 0.602.